The molecule has 0 aromatic carbocycles. The average Bonchev–Trinajstić information content (AvgIpc) is 1.84. The van der Waals surface area contributed by atoms with Crippen molar-refractivity contribution in [2.45, 2.75) is 33.6 Å². The third-order valence-electron chi connectivity index (χ3n) is 1.45. The van der Waals surface area contributed by atoms with Gasteiger partial charge in [-0.15, -0.1) is 0 Å². The van der Waals surface area contributed by atoms with Gasteiger partial charge in [0.15, 0.2) is 0 Å². The number of allylic oxidation sites excluding steroid dienone is 4. The first-order valence-electron chi connectivity index (χ1n) is 4.02. The predicted molar refractivity (Wildman–Crippen MR) is 53.3 cm³/mol. The number of rotatable bonds is 4. The minimum absolute atomic E-state index is 0.385. The Morgan fingerprint density at radius 3 is 2.33 bits per heavy atom. The molecule has 0 aliphatic heterocycles. The standard InChI is InChI=1S/C10H15ClO/c1-8(2)5-4-6-9(3)7-10(11)12/h5,7H,4,6H2,1-3H3/b9-7+. The Morgan fingerprint density at radius 1 is 1.33 bits per heavy atom. The van der Waals surface area contributed by atoms with E-state index in [4.69, 9.17) is 11.6 Å². The van der Waals surface area contributed by atoms with Crippen molar-refractivity contribution in [1.82, 2.24) is 0 Å². The average molecular weight is 187 g/mol. The molecule has 0 saturated carbocycles. The quantitative estimate of drug-likeness (QED) is 0.374. The van der Waals surface area contributed by atoms with E-state index in [-0.39, 0.29) is 5.24 Å². The van der Waals surface area contributed by atoms with Crippen LogP contribution in [0.1, 0.15) is 33.6 Å². The highest BCUT2D eigenvalue weighted by Crippen LogP contribution is 2.06. The van der Waals surface area contributed by atoms with Crippen LogP contribution < -0.4 is 0 Å². The Bertz CT molecular complexity index is 210. The molecular formula is C10H15ClO. The second-order valence-corrected chi connectivity index (χ2v) is 3.49. The molecule has 0 heterocycles. The summed E-state index contributed by atoms with van der Waals surface area (Å²) in [5, 5.41) is -0.385. The van der Waals surface area contributed by atoms with Crippen molar-refractivity contribution in [3.8, 4) is 0 Å². The van der Waals surface area contributed by atoms with Crippen LogP contribution in [0.2, 0.25) is 0 Å². The normalized spacial score (nSPS) is 11.2. The van der Waals surface area contributed by atoms with Gasteiger partial charge >= 0.3 is 0 Å². The predicted octanol–water partition coefficient (Wildman–Crippen LogP) is 3.44. The maximum atomic E-state index is 10.4. The zero-order chi connectivity index (χ0) is 9.56. The van der Waals surface area contributed by atoms with Gasteiger partial charge in [-0.25, -0.2) is 0 Å². The zero-order valence-corrected chi connectivity index (χ0v) is 8.61. The van der Waals surface area contributed by atoms with Crippen LogP contribution in [0.4, 0.5) is 0 Å². The van der Waals surface area contributed by atoms with Crippen LogP contribution in [0.5, 0.6) is 0 Å². The molecule has 0 saturated heterocycles. The van der Waals surface area contributed by atoms with E-state index in [1.807, 2.05) is 6.92 Å². The van der Waals surface area contributed by atoms with Crippen LogP contribution in [-0.4, -0.2) is 5.24 Å². The molecule has 0 amide bonds. The van der Waals surface area contributed by atoms with Crippen molar-refractivity contribution in [3.63, 3.8) is 0 Å². The Balaban J connectivity index is 3.79. The van der Waals surface area contributed by atoms with Crippen LogP contribution in [-0.2, 0) is 4.79 Å². The van der Waals surface area contributed by atoms with Crippen molar-refractivity contribution in [1.29, 1.82) is 0 Å². The molecule has 0 radical (unpaired) electrons. The molecular weight excluding hydrogens is 172 g/mol. The summed E-state index contributed by atoms with van der Waals surface area (Å²) in [5.41, 5.74) is 2.34. The third kappa shape index (κ3) is 7.55. The van der Waals surface area contributed by atoms with E-state index >= 15 is 0 Å². The van der Waals surface area contributed by atoms with Crippen molar-refractivity contribution >= 4 is 16.8 Å². The third-order valence-corrected chi connectivity index (χ3v) is 1.56. The fraction of sp³-hybridized carbons (Fsp3) is 0.500. The van der Waals surface area contributed by atoms with Crippen LogP contribution in [0, 0.1) is 0 Å². The summed E-state index contributed by atoms with van der Waals surface area (Å²) in [5.74, 6) is 0. The van der Waals surface area contributed by atoms with Gasteiger partial charge in [0.25, 0.3) is 0 Å². The molecule has 12 heavy (non-hydrogen) atoms. The monoisotopic (exact) mass is 186 g/mol. The summed E-state index contributed by atoms with van der Waals surface area (Å²) in [7, 11) is 0. The molecule has 0 N–H and O–H groups in total. The fourth-order valence-corrected chi connectivity index (χ4v) is 1.04. The van der Waals surface area contributed by atoms with Gasteiger partial charge in [0.05, 0.1) is 0 Å². The Morgan fingerprint density at radius 2 is 1.92 bits per heavy atom. The lowest BCUT2D eigenvalue weighted by atomic mass is 10.1. The number of carbonyl (C=O) groups is 1. The lowest BCUT2D eigenvalue weighted by Crippen LogP contribution is -1.82. The molecule has 0 spiro atoms. The van der Waals surface area contributed by atoms with Gasteiger partial charge in [0.1, 0.15) is 0 Å². The van der Waals surface area contributed by atoms with E-state index in [2.05, 4.69) is 19.9 Å². The van der Waals surface area contributed by atoms with Crippen LogP contribution in [0.3, 0.4) is 0 Å². The summed E-state index contributed by atoms with van der Waals surface area (Å²) in [6.07, 6.45) is 5.51. The molecule has 0 atom stereocenters. The lowest BCUT2D eigenvalue weighted by molar-refractivity contribution is -0.107. The molecule has 0 unspecified atom stereocenters. The Kier molecular flexibility index (Phi) is 5.73. The molecule has 68 valence electrons. The summed E-state index contributed by atoms with van der Waals surface area (Å²) in [4.78, 5) is 10.4. The smallest absolute Gasteiger partial charge is 0.245 e. The highest BCUT2D eigenvalue weighted by molar-refractivity contribution is 6.66. The van der Waals surface area contributed by atoms with E-state index in [1.54, 1.807) is 0 Å². The van der Waals surface area contributed by atoms with Gasteiger partial charge in [0, 0.05) is 0 Å². The molecule has 0 aromatic rings. The highest BCUT2D eigenvalue weighted by atomic mass is 35.5. The number of halogens is 1. The second-order valence-electron chi connectivity index (χ2n) is 3.11. The lowest BCUT2D eigenvalue weighted by Gasteiger charge is -1.95. The zero-order valence-electron chi connectivity index (χ0n) is 7.86. The maximum Gasteiger partial charge on any atom is 0.245 e. The molecule has 0 aromatic heterocycles. The topological polar surface area (TPSA) is 17.1 Å². The molecule has 2 heteroatoms. The van der Waals surface area contributed by atoms with E-state index < -0.39 is 0 Å². The molecule has 0 aliphatic rings. The van der Waals surface area contributed by atoms with Crippen molar-refractivity contribution in [2.75, 3.05) is 0 Å². The van der Waals surface area contributed by atoms with E-state index in [1.165, 1.54) is 11.6 Å². The number of carbonyl (C=O) groups excluding carboxylic acids is 1. The highest BCUT2D eigenvalue weighted by Gasteiger charge is 1.92. The minimum Gasteiger partial charge on any atom is -0.276 e. The van der Waals surface area contributed by atoms with Crippen LogP contribution in [0.25, 0.3) is 0 Å². The van der Waals surface area contributed by atoms with Crippen LogP contribution in [0.15, 0.2) is 23.3 Å². The van der Waals surface area contributed by atoms with Crippen LogP contribution >= 0.6 is 11.6 Å². The van der Waals surface area contributed by atoms with E-state index in [0.29, 0.717) is 0 Å². The maximum absolute atomic E-state index is 10.4. The van der Waals surface area contributed by atoms with Gasteiger partial charge in [-0.2, -0.15) is 0 Å². The molecule has 0 rings (SSSR count). The second kappa shape index (κ2) is 6.01. The molecule has 0 fully saturated rings. The first-order chi connectivity index (χ1) is 5.52. The van der Waals surface area contributed by atoms with Crippen molar-refractivity contribution in [2.24, 2.45) is 0 Å². The number of hydrogen-bond donors (Lipinski definition) is 0. The van der Waals surface area contributed by atoms with Gasteiger partial charge in [-0.05, 0) is 51.3 Å². The fourth-order valence-electron chi connectivity index (χ4n) is 0.854. The largest absolute Gasteiger partial charge is 0.276 e. The van der Waals surface area contributed by atoms with Gasteiger partial charge < -0.3 is 0 Å². The van der Waals surface area contributed by atoms with Crippen molar-refractivity contribution in [3.05, 3.63) is 23.3 Å². The van der Waals surface area contributed by atoms with Gasteiger partial charge in [0.2, 0.25) is 5.24 Å². The molecule has 1 nitrogen and oxygen atoms in total. The first kappa shape index (κ1) is 11.4. The Hall–Kier alpha value is -0.560. The van der Waals surface area contributed by atoms with Gasteiger partial charge in [-0.1, -0.05) is 17.2 Å². The van der Waals surface area contributed by atoms with E-state index in [0.717, 1.165) is 18.4 Å². The molecule has 0 bridgehead atoms. The molecule has 0 aliphatic carbocycles. The van der Waals surface area contributed by atoms with Crippen molar-refractivity contribution < 1.29 is 4.79 Å². The minimum atomic E-state index is -0.385. The first-order valence-corrected chi connectivity index (χ1v) is 4.40. The van der Waals surface area contributed by atoms with Gasteiger partial charge in [-0.3, -0.25) is 4.79 Å². The summed E-state index contributed by atoms with van der Waals surface area (Å²) < 4.78 is 0. The summed E-state index contributed by atoms with van der Waals surface area (Å²) in [6.45, 7) is 6.04. The Labute approximate surface area is 79.1 Å². The summed E-state index contributed by atoms with van der Waals surface area (Å²) >= 11 is 5.18. The number of hydrogen-bond acceptors (Lipinski definition) is 1. The summed E-state index contributed by atoms with van der Waals surface area (Å²) in [6, 6.07) is 0. The van der Waals surface area contributed by atoms with E-state index in [9.17, 15) is 4.79 Å². The SMILES string of the molecule is CC(C)=CCC/C(C)=C/C(=O)Cl.